The fraction of sp³-hybridized carbons (Fsp3) is 0.600. The molecule has 9 heteroatoms. The number of carbonyl (C=O) groups excluding carboxylic acids is 2. The van der Waals surface area contributed by atoms with E-state index >= 15 is 0 Å². The molecule has 162 valence electrons. The van der Waals surface area contributed by atoms with E-state index in [1.807, 2.05) is 4.90 Å². The molecule has 29 heavy (non-hydrogen) atoms. The van der Waals surface area contributed by atoms with Gasteiger partial charge in [0, 0.05) is 18.2 Å². The molecule has 0 radical (unpaired) electrons. The second-order valence-electron chi connectivity index (χ2n) is 7.17. The summed E-state index contributed by atoms with van der Waals surface area (Å²) in [5.74, 6) is -0.522. The lowest BCUT2D eigenvalue weighted by Crippen LogP contribution is -2.43. The van der Waals surface area contributed by atoms with Gasteiger partial charge in [0.2, 0.25) is 11.8 Å². The van der Waals surface area contributed by atoms with E-state index in [9.17, 15) is 22.8 Å². The van der Waals surface area contributed by atoms with Crippen LogP contribution in [0.15, 0.2) is 24.3 Å². The summed E-state index contributed by atoms with van der Waals surface area (Å²) in [4.78, 5) is 26.3. The van der Waals surface area contributed by atoms with E-state index in [1.54, 1.807) is 0 Å². The number of amides is 2. The number of alkyl halides is 3. The van der Waals surface area contributed by atoms with Crippen LogP contribution in [-0.2, 0) is 9.59 Å². The zero-order chi connectivity index (χ0) is 21.3. The molecular weight excluding hydrogens is 387 g/mol. The van der Waals surface area contributed by atoms with Crippen molar-refractivity contribution in [1.82, 2.24) is 10.2 Å². The van der Waals surface area contributed by atoms with Crippen molar-refractivity contribution in [2.45, 2.75) is 45.4 Å². The molecule has 1 aromatic carbocycles. The van der Waals surface area contributed by atoms with Crippen molar-refractivity contribution < 1.29 is 27.5 Å². The summed E-state index contributed by atoms with van der Waals surface area (Å²) in [6, 6.07) is 5.00. The maximum atomic E-state index is 12.2. The third kappa shape index (κ3) is 8.72. The predicted molar refractivity (Wildman–Crippen MR) is 103 cm³/mol. The molecule has 1 aliphatic rings. The lowest BCUT2D eigenvalue weighted by molar-refractivity contribution is -0.274. The molecule has 0 aromatic heterocycles. The Kier molecular flexibility index (Phi) is 8.75. The van der Waals surface area contributed by atoms with Crippen LogP contribution in [0.2, 0.25) is 0 Å². The van der Waals surface area contributed by atoms with Crippen LogP contribution in [0.25, 0.3) is 0 Å². The van der Waals surface area contributed by atoms with Crippen LogP contribution in [0.1, 0.15) is 39.0 Å². The summed E-state index contributed by atoms with van der Waals surface area (Å²) in [5.41, 5.74) is 0.394. The zero-order valence-corrected chi connectivity index (χ0v) is 16.6. The quantitative estimate of drug-likeness (QED) is 0.606. The second-order valence-corrected chi connectivity index (χ2v) is 7.17. The Morgan fingerprint density at radius 3 is 2.38 bits per heavy atom. The Hall–Kier alpha value is -2.29. The Balaban J connectivity index is 1.69. The maximum absolute atomic E-state index is 12.2. The molecule has 0 spiro atoms. The van der Waals surface area contributed by atoms with Crippen molar-refractivity contribution in [2.75, 3.05) is 31.5 Å². The van der Waals surface area contributed by atoms with Crippen molar-refractivity contribution in [1.29, 1.82) is 0 Å². The van der Waals surface area contributed by atoms with Crippen molar-refractivity contribution in [3.8, 4) is 5.75 Å². The summed E-state index contributed by atoms with van der Waals surface area (Å²) < 4.78 is 40.3. The minimum absolute atomic E-state index is 0.0166. The van der Waals surface area contributed by atoms with Gasteiger partial charge < -0.3 is 15.4 Å². The summed E-state index contributed by atoms with van der Waals surface area (Å²) >= 11 is 0. The van der Waals surface area contributed by atoms with Gasteiger partial charge in [-0.05, 0) is 56.6 Å². The monoisotopic (exact) mass is 415 g/mol. The fourth-order valence-electron chi connectivity index (χ4n) is 3.23. The Bertz CT molecular complexity index is 657. The lowest BCUT2D eigenvalue weighted by Gasteiger charge is -2.30. The number of ether oxygens (including phenoxy) is 1. The van der Waals surface area contributed by atoms with E-state index in [1.165, 1.54) is 12.1 Å². The Labute approximate surface area is 168 Å². The first-order valence-electron chi connectivity index (χ1n) is 9.92. The number of rotatable bonds is 9. The molecule has 1 aromatic rings. The van der Waals surface area contributed by atoms with Crippen LogP contribution in [0.5, 0.6) is 5.75 Å². The van der Waals surface area contributed by atoms with Crippen LogP contribution in [0, 0.1) is 5.92 Å². The van der Waals surface area contributed by atoms with Gasteiger partial charge in [0.1, 0.15) is 5.75 Å². The van der Waals surface area contributed by atoms with Gasteiger partial charge in [0.15, 0.2) is 0 Å². The third-order valence-corrected chi connectivity index (χ3v) is 4.78. The van der Waals surface area contributed by atoms with Crippen LogP contribution in [0.3, 0.4) is 0 Å². The van der Waals surface area contributed by atoms with E-state index in [0.29, 0.717) is 38.2 Å². The molecule has 0 unspecified atom stereocenters. The first kappa shape index (κ1) is 23.0. The molecular formula is C20H28F3N3O3. The lowest BCUT2D eigenvalue weighted by atomic mass is 9.96. The standard InChI is InChI=1S/C20H28F3N3O3/c1-2-3-4-11-24-19(28)15-9-12-26(13-10-15)14-18(27)25-16-5-7-17(8-6-16)29-20(21,22)23/h5-8,15H,2-4,9-14H2,1H3,(H,24,28)(H,25,27). The van der Waals surface area contributed by atoms with Gasteiger partial charge in [-0.2, -0.15) is 0 Å². The van der Waals surface area contributed by atoms with Crippen molar-refractivity contribution >= 4 is 17.5 Å². The largest absolute Gasteiger partial charge is 0.573 e. The van der Waals surface area contributed by atoms with Gasteiger partial charge in [0.05, 0.1) is 6.54 Å². The topological polar surface area (TPSA) is 70.7 Å². The number of piperidine rings is 1. The maximum Gasteiger partial charge on any atom is 0.573 e. The fourth-order valence-corrected chi connectivity index (χ4v) is 3.23. The average Bonchev–Trinajstić information content (AvgIpc) is 2.66. The molecule has 0 saturated carbocycles. The van der Waals surface area contributed by atoms with Crippen molar-refractivity contribution in [3.63, 3.8) is 0 Å². The Morgan fingerprint density at radius 1 is 1.14 bits per heavy atom. The normalized spacial score (nSPS) is 15.7. The highest BCUT2D eigenvalue weighted by molar-refractivity contribution is 5.92. The second kappa shape index (κ2) is 11.0. The summed E-state index contributed by atoms with van der Waals surface area (Å²) in [5, 5.41) is 5.63. The van der Waals surface area contributed by atoms with Crippen molar-refractivity contribution in [2.24, 2.45) is 5.92 Å². The smallest absolute Gasteiger partial charge is 0.406 e. The predicted octanol–water partition coefficient (Wildman–Crippen LogP) is 3.54. The van der Waals surface area contributed by atoms with E-state index < -0.39 is 6.36 Å². The van der Waals surface area contributed by atoms with E-state index in [0.717, 1.165) is 31.4 Å². The minimum atomic E-state index is -4.75. The number of nitrogens with zero attached hydrogens (tertiary/aromatic N) is 1. The first-order valence-corrected chi connectivity index (χ1v) is 9.92. The number of benzene rings is 1. The highest BCUT2D eigenvalue weighted by Crippen LogP contribution is 2.24. The molecule has 2 N–H and O–H groups in total. The van der Waals surface area contributed by atoms with Gasteiger partial charge in [-0.25, -0.2) is 0 Å². The highest BCUT2D eigenvalue weighted by Gasteiger charge is 2.31. The van der Waals surface area contributed by atoms with Crippen LogP contribution >= 0.6 is 0 Å². The average molecular weight is 415 g/mol. The highest BCUT2D eigenvalue weighted by atomic mass is 19.4. The number of nitrogens with one attached hydrogen (secondary N) is 2. The number of carbonyl (C=O) groups is 2. The molecule has 0 atom stereocenters. The zero-order valence-electron chi connectivity index (χ0n) is 16.6. The van der Waals surface area contributed by atoms with Gasteiger partial charge in [0.25, 0.3) is 0 Å². The van der Waals surface area contributed by atoms with E-state index in [4.69, 9.17) is 0 Å². The molecule has 1 heterocycles. The number of anilines is 1. The van der Waals surface area contributed by atoms with E-state index in [-0.39, 0.29) is 30.0 Å². The number of hydrogen-bond donors (Lipinski definition) is 2. The summed E-state index contributed by atoms with van der Waals surface area (Å²) in [7, 11) is 0. The number of unbranched alkanes of at least 4 members (excludes halogenated alkanes) is 2. The third-order valence-electron chi connectivity index (χ3n) is 4.78. The number of likely N-dealkylation sites (tertiary alicyclic amines) is 1. The SMILES string of the molecule is CCCCCNC(=O)C1CCN(CC(=O)Nc2ccc(OC(F)(F)F)cc2)CC1. The summed E-state index contributed by atoms with van der Waals surface area (Å²) in [6.07, 6.45) is -0.131. The van der Waals surface area contributed by atoms with E-state index in [2.05, 4.69) is 22.3 Å². The minimum Gasteiger partial charge on any atom is -0.406 e. The number of hydrogen-bond acceptors (Lipinski definition) is 4. The molecule has 1 fully saturated rings. The molecule has 2 rings (SSSR count). The van der Waals surface area contributed by atoms with Gasteiger partial charge in [-0.15, -0.1) is 13.2 Å². The molecule has 1 aliphatic heterocycles. The van der Waals surface area contributed by atoms with Crippen molar-refractivity contribution in [3.05, 3.63) is 24.3 Å². The van der Waals surface area contributed by atoms with Crippen LogP contribution in [0.4, 0.5) is 18.9 Å². The van der Waals surface area contributed by atoms with Gasteiger partial charge >= 0.3 is 6.36 Å². The number of halogens is 3. The Morgan fingerprint density at radius 2 is 1.79 bits per heavy atom. The molecule has 0 aliphatic carbocycles. The molecule has 6 nitrogen and oxygen atoms in total. The summed E-state index contributed by atoms with van der Waals surface area (Å²) in [6.45, 7) is 4.30. The van der Waals surface area contributed by atoms with Crippen LogP contribution in [-0.4, -0.2) is 49.3 Å². The molecule has 1 saturated heterocycles. The first-order chi connectivity index (χ1) is 13.8. The van der Waals surface area contributed by atoms with Crippen LogP contribution < -0.4 is 15.4 Å². The molecule has 2 amide bonds. The molecule has 0 bridgehead atoms. The van der Waals surface area contributed by atoms with Gasteiger partial charge in [-0.1, -0.05) is 19.8 Å². The van der Waals surface area contributed by atoms with Gasteiger partial charge in [-0.3, -0.25) is 14.5 Å².